The van der Waals surface area contributed by atoms with E-state index in [1.807, 2.05) is 12.1 Å². The Hall–Kier alpha value is -5.48. The molecule has 4 heteroatoms. The Morgan fingerprint density at radius 3 is 1.29 bits per heavy atom. The molecule has 0 aromatic heterocycles. The molecule has 0 heterocycles. The molecule has 6 aromatic rings. The van der Waals surface area contributed by atoms with Crippen LogP contribution in [0.4, 0.5) is 0 Å². The first-order valence-corrected chi connectivity index (χ1v) is 15.2. The molecule has 0 spiro atoms. The number of hydrogen-bond donors (Lipinski definition) is 0. The summed E-state index contributed by atoms with van der Waals surface area (Å²) in [5.74, 6) is 1.65. The van der Waals surface area contributed by atoms with Gasteiger partial charge in [-0.05, 0) is 56.3 Å². The van der Waals surface area contributed by atoms with E-state index in [0.717, 1.165) is 33.0 Å². The van der Waals surface area contributed by atoms with E-state index in [1.165, 1.54) is 45.9 Å². The van der Waals surface area contributed by atoms with Gasteiger partial charge in [0.05, 0.1) is 17.9 Å². The average Bonchev–Trinajstić information content (AvgIpc) is 3.39. The predicted molar refractivity (Wildman–Crippen MR) is 182 cm³/mol. The SMILES string of the molecule is C=COCCOc1cccc2c(C3(c4cccc5c(OCCOC=C)cccc45)c4ccccc4-c4ccccc43)cccc12. The van der Waals surface area contributed by atoms with Gasteiger partial charge in [-0.15, -0.1) is 0 Å². The Morgan fingerprint density at radius 2 is 0.822 bits per heavy atom. The highest BCUT2D eigenvalue weighted by atomic mass is 16.5. The highest BCUT2D eigenvalue weighted by molar-refractivity contribution is 6.00. The van der Waals surface area contributed by atoms with Crippen molar-refractivity contribution in [3.8, 4) is 22.6 Å². The number of rotatable bonds is 12. The third kappa shape index (κ3) is 4.70. The molecule has 6 aromatic carbocycles. The van der Waals surface area contributed by atoms with Crippen LogP contribution in [0.2, 0.25) is 0 Å². The zero-order valence-corrected chi connectivity index (χ0v) is 25.1. The molecule has 0 amide bonds. The van der Waals surface area contributed by atoms with E-state index in [-0.39, 0.29) is 0 Å². The summed E-state index contributed by atoms with van der Waals surface area (Å²) in [6.45, 7) is 9.00. The number of benzene rings is 6. The van der Waals surface area contributed by atoms with Crippen molar-refractivity contribution in [3.63, 3.8) is 0 Å². The Bertz CT molecular complexity index is 1880. The molecule has 0 bridgehead atoms. The second-order valence-electron chi connectivity index (χ2n) is 10.9. The molecule has 0 aliphatic heterocycles. The fourth-order valence-electron chi connectivity index (χ4n) is 6.99. The molecule has 222 valence electrons. The smallest absolute Gasteiger partial charge is 0.127 e. The third-order valence-corrected chi connectivity index (χ3v) is 8.68. The van der Waals surface area contributed by atoms with Crippen molar-refractivity contribution in [2.75, 3.05) is 26.4 Å². The molecule has 0 fully saturated rings. The minimum absolute atomic E-state index is 0.427. The fourth-order valence-corrected chi connectivity index (χ4v) is 6.99. The Labute approximate surface area is 263 Å². The van der Waals surface area contributed by atoms with Crippen molar-refractivity contribution in [2.45, 2.75) is 5.41 Å². The van der Waals surface area contributed by atoms with Gasteiger partial charge in [-0.3, -0.25) is 0 Å². The first-order valence-electron chi connectivity index (χ1n) is 15.2. The maximum absolute atomic E-state index is 6.25. The molecule has 7 rings (SSSR count). The molecule has 0 saturated carbocycles. The monoisotopic (exact) mass is 590 g/mol. The first-order chi connectivity index (χ1) is 22.3. The summed E-state index contributed by atoms with van der Waals surface area (Å²) in [5.41, 5.74) is 6.77. The van der Waals surface area contributed by atoms with Crippen molar-refractivity contribution >= 4 is 21.5 Å². The molecule has 0 radical (unpaired) electrons. The van der Waals surface area contributed by atoms with E-state index in [2.05, 4.69) is 122 Å². The number of fused-ring (bicyclic) bond motifs is 5. The van der Waals surface area contributed by atoms with Crippen LogP contribution in [-0.4, -0.2) is 26.4 Å². The van der Waals surface area contributed by atoms with Gasteiger partial charge in [0.25, 0.3) is 0 Å². The normalized spacial score (nSPS) is 12.7. The Kier molecular flexibility index (Phi) is 7.71. The standard InChI is InChI=1S/C41H34O4/c1-3-42-25-27-44-39-23-11-15-31-33(39)17-9-21-37(31)41(35-19-7-5-13-29(35)30-14-6-8-20-36(30)41)38-22-10-18-34-32(38)16-12-24-40(34)45-28-26-43-4-2/h3-24H,1-2,25-28H2. The van der Waals surface area contributed by atoms with Gasteiger partial charge in [-0.2, -0.15) is 0 Å². The lowest BCUT2D eigenvalue weighted by atomic mass is 9.65. The lowest BCUT2D eigenvalue weighted by Gasteiger charge is -2.36. The molecule has 1 aliphatic rings. The minimum Gasteiger partial charge on any atom is -0.498 e. The Morgan fingerprint density at radius 1 is 0.422 bits per heavy atom. The maximum atomic E-state index is 6.25. The molecule has 4 nitrogen and oxygen atoms in total. The van der Waals surface area contributed by atoms with E-state index in [0.29, 0.717) is 26.4 Å². The molecule has 0 saturated heterocycles. The van der Waals surface area contributed by atoms with Gasteiger partial charge in [-0.25, -0.2) is 0 Å². The quantitative estimate of drug-likeness (QED) is 0.105. The summed E-state index contributed by atoms with van der Waals surface area (Å²) in [6, 6.07) is 43.4. The summed E-state index contributed by atoms with van der Waals surface area (Å²) >= 11 is 0. The topological polar surface area (TPSA) is 36.9 Å². The molecular formula is C41H34O4. The van der Waals surface area contributed by atoms with Crippen LogP contribution in [0, 0.1) is 0 Å². The number of hydrogen-bond acceptors (Lipinski definition) is 4. The van der Waals surface area contributed by atoms with Crippen LogP contribution >= 0.6 is 0 Å². The van der Waals surface area contributed by atoms with Gasteiger partial charge >= 0.3 is 0 Å². The average molecular weight is 591 g/mol. The van der Waals surface area contributed by atoms with Crippen molar-refractivity contribution in [3.05, 3.63) is 169 Å². The second kappa shape index (κ2) is 12.3. The molecule has 0 unspecified atom stereocenters. The minimum atomic E-state index is -0.610. The summed E-state index contributed by atoms with van der Waals surface area (Å²) in [6.07, 6.45) is 2.89. The van der Waals surface area contributed by atoms with Crippen LogP contribution in [0.1, 0.15) is 22.3 Å². The van der Waals surface area contributed by atoms with E-state index < -0.39 is 5.41 Å². The third-order valence-electron chi connectivity index (χ3n) is 8.68. The zero-order valence-electron chi connectivity index (χ0n) is 25.1. The highest BCUT2D eigenvalue weighted by Crippen LogP contribution is 2.58. The largest absolute Gasteiger partial charge is 0.498 e. The number of ether oxygens (including phenoxy) is 4. The summed E-state index contributed by atoms with van der Waals surface area (Å²) in [5, 5.41) is 4.39. The van der Waals surface area contributed by atoms with Gasteiger partial charge in [0.2, 0.25) is 0 Å². The van der Waals surface area contributed by atoms with Gasteiger partial charge < -0.3 is 18.9 Å². The van der Waals surface area contributed by atoms with Gasteiger partial charge in [0.1, 0.15) is 37.9 Å². The van der Waals surface area contributed by atoms with Crippen molar-refractivity contribution in [2.24, 2.45) is 0 Å². The van der Waals surface area contributed by atoms with E-state index >= 15 is 0 Å². The summed E-state index contributed by atoms with van der Waals surface area (Å²) in [4.78, 5) is 0. The lowest BCUT2D eigenvalue weighted by Crippen LogP contribution is -2.29. The molecule has 45 heavy (non-hydrogen) atoms. The molecule has 0 atom stereocenters. The van der Waals surface area contributed by atoms with E-state index in [1.54, 1.807) is 0 Å². The van der Waals surface area contributed by atoms with Crippen LogP contribution in [0.15, 0.2) is 147 Å². The van der Waals surface area contributed by atoms with Gasteiger partial charge in [-0.1, -0.05) is 122 Å². The zero-order chi connectivity index (χ0) is 30.6. The van der Waals surface area contributed by atoms with E-state index in [9.17, 15) is 0 Å². The van der Waals surface area contributed by atoms with Crippen LogP contribution in [-0.2, 0) is 14.9 Å². The van der Waals surface area contributed by atoms with Crippen LogP contribution in [0.5, 0.6) is 11.5 Å². The molecule has 0 N–H and O–H groups in total. The lowest BCUT2D eigenvalue weighted by molar-refractivity contribution is 0.181. The van der Waals surface area contributed by atoms with Crippen molar-refractivity contribution in [1.82, 2.24) is 0 Å². The van der Waals surface area contributed by atoms with Crippen molar-refractivity contribution < 1.29 is 18.9 Å². The van der Waals surface area contributed by atoms with Crippen LogP contribution < -0.4 is 9.47 Å². The fraction of sp³-hybridized carbons (Fsp3) is 0.122. The second-order valence-corrected chi connectivity index (χ2v) is 10.9. The van der Waals surface area contributed by atoms with Crippen LogP contribution in [0.3, 0.4) is 0 Å². The highest BCUT2D eigenvalue weighted by Gasteiger charge is 2.47. The van der Waals surface area contributed by atoms with Gasteiger partial charge in [0, 0.05) is 10.8 Å². The van der Waals surface area contributed by atoms with Crippen LogP contribution in [0.25, 0.3) is 32.7 Å². The van der Waals surface area contributed by atoms with Crippen molar-refractivity contribution in [1.29, 1.82) is 0 Å². The van der Waals surface area contributed by atoms with Gasteiger partial charge in [0.15, 0.2) is 0 Å². The van der Waals surface area contributed by atoms with E-state index in [4.69, 9.17) is 18.9 Å². The summed E-state index contributed by atoms with van der Waals surface area (Å²) < 4.78 is 23.2. The first kappa shape index (κ1) is 28.3. The predicted octanol–water partition coefficient (Wildman–Crippen LogP) is 9.43. The Balaban J connectivity index is 1.52. The maximum Gasteiger partial charge on any atom is 0.127 e. The molecular weight excluding hydrogens is 556 g/mol. The summed E-state index contributed by atoms with van der Waals surface area (Å²) in [7, 11) is 0. The molecule has 1 aliphatic carbocycles.